The van der Waals surface area contributed by atoms with E-state index in [1.165, 1.54) is 5.56 Å². The summed E-state index contributed by atoms with van der Waals surface area (Å²) in [6.45, 7) is 1.46. The third-order valence-electron chi connectivity index (χ3n) is 4.75. The van der Waals surface area contributed by atoms with E-state index in [0.717, 1.165) is 42.2 Å². The molecule has 2 amide bonds. The van der Waals surface area contributed by atoms with E-state index in [1.807, 2.05) is 42.5 Å². The summed E-state index contributed by atoms with van der Waals surface area (Å²) in [7, 11) is 0. The molecule has 7 heteroatoms. The molecule has 29 heavy (non-hydrogen) atoms. The maximum atomic E-state index is 12.2. The van der Waals surface area contributed by atoms with Gasteiger partial charge in [0.1, 0.15) is 11.6 Å². The molecule has 2 aromatic heterocycles. The van der Waals surface area contributed by atoms with E-state index in [4.69, 9.17) is 11.6 Å². The Balaban J connectivity index is 1.31. The van der Waals surface area contributed by atoms with Crippen LogP contribution < -0.4 is 16.0 Å². The fourth-order valence-corrected chi connectivity index (χ4v) is 3.38. The maximum absolute atomic E-state index is 12.2. The number of aromatic nitrogens is 2. The number of nitrogens with zero attached hydrogens (tertiary/aromatic N) is 2. The van der Waals surface area contributed by atoms with Gasteiger partial charge in [-0.2, -0.15) is 0 Å². The van der Waals surface area contributed by atoms with Crippen LogP contribution in [0.5, 0.6) is 0 Å². The number of anilines is 2. The number of carbonyl (C=O) groups excluding carboxylic acids is 1. The minimum Gasteiger partial charge on any atom is -0.370 e. The molecule has 0 spiro atoms. The molecule has 0 saturated heterocycles. The van der Waals surface area contributed by atoms with Gasteiger partial charge in [-0.25, -0.2) is 14.8 Å². The molecule has 1 aliphatic rings. The van der Waals surface area contributed by atoms with Gasteiger partial charge in [0.25, 0.3) is 0 Å². The zero-order chi connectivity index (χ0) is 20.1. The Hall–Kier alpha value is -3.12. The van der Waals surface area contributed by atoms with Crippen molar-refractivity contribution < 1.29 is 4.79 Å². The van der Waals surface area contributed by atoms with E-state index in [-0.39, 0.29) is 6.03 Å². The van der Waals surface area contributed by atoms with E-state index in [9.17, 15) is 4.79 Å². The van der Waals surface area contributed by atoms with Gasteiger partial charge in [-0.15, -0.1) is 0 Å². The summed E-state index contributed by atoms with van der Waals surface area (Å²) in [6.07, 6.45) is 2.88. The summed E-state index contributed by atoms with van der Waals surface area (Å²) in [5.41, 5.74) is 3.93. The summed E-state index contributed by atoms with van der Waals surface area (Å²) in [5, 5.41) is 9.64. The third-order valence-corrected chi connectivity index (χ3v) is 5.00. The van der Waals surface area contributed by atoms with E-state index in [1.54, 1.807) is 6.07 Å². The number of fused-ring (bicyclic) bond motifs is 1. The van der Waals surface area contributed by atoms with Gasteiger partial charge in [0.15, 0.2) is 0 Å². The Morgan fingerprint density at radius 3 is 2.79 bits per heavy atom. The number of halogens is 1. The zero-order valence-electron chi connectivity index (χ0n) is 15.9. The molecular weight excluding hydrogens is 386 g/mol. The maximum Gasteiger partial charge on any atom is 0.320 e. The van der Waals surface area contributed by atoms with Gasteiger partial charge in [-0.05, 0) is 48.7 Å². The molecule has 0 atom stereocenters. The van der Waals surface area contributed by atoms with Crippen LogP contribution in [0.25, 0.3) is 11.3 Å². The molecule has 0 radical (unpaired) electrons. The fourth-order valence-electron chi connectivity index (χ4n) is 3.26. The van der Waals surface area contributed by atoms with Crippen LogP contribution in [0.15, 0.2) is 54.6 Å². The van der Waals surface area contributed by atoms with E-state index < -0.39 is 0 Å². The fraction of sp³-hybridized carbons (Fsp3) is 0.227. The number of hydrogen-bond donors (Lipinski definition) is 3. The van der Waals surface area contributed by atoms with Crippen molar-refractivity contribution in [2.45, 2.75) is 19.3 Å². The monoisotopic (exact) mass is 407 g/mol. The van der Waals surface area contributed by atoms with Gasteiger partial charge < -0.3 is 10.6 Å². The minimum absolute atomic E-state index is 0.290. The average molecular weight is 408 g/mol. The highest BCUT2D eigenvalue weighted by atomic mass is 35.5. The largest absolute Gasteiger partial charge is 0.370 e. The first kappa shape index (κ1) is 19.2. The van der Waals surface area contributed by atoms with Crippen LogP contribution >= 0.6 is 11.6 Å². The van der Waals surface area contributed by atoms with Crippen LogP contribution in [-0.2, 0) is 12.8 Å². The van der Waals surface area contributed by atoms with E-state index in [0.29, 0.717) is 23.8 Å². The number of nitrogens with one attached hydrogen (secondary N) is 3. The Bertz CT molecular complexity index is 1010. The van der Waals surface area contributed by atoms with Crippen LogP contribution in [0.4, 0.5) is 16.4 Å². The SMILES string of the molecule is O=C(NCCc1ccc2c(n1)NCCC2)Nc1cccc(-c2ccc(Cl)cc2)n1. The highest BCUT2D eigenvalue weighted by Crippen LogP contribution is 2.21. The van der Waals surface area contributed by atoms with Crippen molar-refractivity contribution in [3.63, 3.8) is 0 Å². The number of rotatable bonds is 5. The lowest BCUT2D eigenvalue weighted by Gasteiger charge is -2.17. The number of pyridine rings is 2. The van der Waals surface area contributed by atoms with Gasteiger partial charge in [0.05, 0.1) is 5.69 Å². The lowest BCUT2D eigenvalue weighted by atomic mass is 10.1. The molecular formula is C22H22ClN5O. The Kier molecular flexibility index (Phi) is 5.91. The van der Waals surface area contributed by atoms with Crippen LogP contribution in [0.2, 0.25) is 5.02 Å². The first-order chi connectivity index (χ1) is 14.2. The standard InChI is InChI=1S/C22H22ClN5O/c23-17-9-6-15(7-10-17)19-4-1-5-20(27-19)28-22(29)25-14-12-18-11-8-16-3-2-13-24-21(16)26-18/h1,4-11H,2-3,12-14H2,(H,24,26)(H2,25,27,28,29). The molecule has 3 N–H and O–H groups in total. The quantitative estimate of drug-likeness (QED) is 0.581. The van der Waals surface area contributed by atoms with Crippen molar-refractivity contribution in [2.75, 3.05) is 23.7 Å². The van der Waals surface area contributed by atoms with Gasteiger partial charge in [0, 0.05) is 35.8 Å². The Labute approximate surface area is 174 Å². The predicted molar refractivity (Wildman–Crippen MR) is 116 cm³/mol. The van der Waals surface area contributed by atoms with Crippen molar-refractivity contribution in [1.29, 1.82) is 0 Å². The van der Waals surface area contributed by atoms with Crippen molar-refractivity contribution >= 4 is 29.3 Å². The van der Waals surface area contributed by atoms with Gasteiger partial charge in [-0.1, -0.05) is 35.9 Å². The van der Waals surface area contributed by atoms with Gasteiger partial charge >= 0.3 is 6.03 Å². The number of urea groups is 1. The topological polar surface area (TPSA) is 78.9 Å². The summed E-state index contributed by atoms with van der Waals surface area (Å²) in [6, 6.07) is 16.8. The van der Waals surface area contributed by atoms with Crippen molar-refractivity contribution in [3.8, 4) is 11.3 Å². The third kappa shape index (κ3) is 5.03. The molecule has 0 unspecified atom stereocenters. The van der Waals surface area contributed by atoms with Gasteiger partial charge in [0.2, 0.25) is 0 Å². The lowest BCUT2D eigenvalue weighted by molar-refractivity contribution is 0.252. The highest BCUT2D eigenvalue weighted by Gasteiger charge is 2.10. The molecule has 1 aliphatic heterocycles. The lowest BCUT2D eigenvalue weighted by Crippen LogP contribution is -2.31. The molecule has 4 rings (SSSR count). The highest BCUT2D eigenvalue weighted by molar-refractivity contribution is 6.30. The van der Waals surface area contributed by atoms with Crippen LogP contribution in [0, 0.1) is 0 Å². The molecule has 148 valence electrons. The number of amides is 2. The number of aryl methyl sites for hydroxylation is 1. The summed E-state index contributed by atoms with van der Waals surface area (Å²) >= 11 is 5.93. The van der Waals surface area contributed by atoms with E-state index in [2.05, 4.69) is 32.0 Å². The number of benzene rings is 1. The molecule has 0 aliphatic carbocycles. The van der Waals surface area contributed by atoms with Crippen molar-refractivity contribution in [1.82, 2.24) is 15.3 Å². The molecule has 0 bridgehead atoms. The summed E-state index contributed by atoms with van der Waals surface area (Å²) in [5.74, 6) is 1.47. The summed E-state index contributed by atoms with van der Waals surface area (Å²) < 4.78 is 0. The molecule has 6 nitrogen and oxygen atoms in total. The Morgan fingerprint density at radius 2 is 1.93 bits per heavy atom. The second kappa shape index (κ2) is 8.92. The molecule has 3 aromatic rings. The second-order valence-electron chi connectivity index (χ2n) is 6.89. The molecule has 0 saturated carbocycles. The normalized spacial score (nSPS) is 12.6. The minimum atomic E-state index is -0.290. The van der Waals surface area contributed by atoms with E-state index >= 15 is 0 Å². The first-order valence-electron chi connectivity index (χ1n) is 9.68. The zero-order valence-corrected chi connectivity index (χ0v) is 16.7. The second-order valence-corrected chi connectivity index (χ2v) is 7.32. The molecule has 0 fully saturated rings. The van der Waals surface area contributed by atoms with Crippen molar-refractivity contribution in [2.24, 2.45) is 0 Å². The van der Waals surface area contributed by atoms with Crippen molar-refractivity contribution in [3.05, 3.63) is 70.9 Å². The van der Waals surface area contributed by atoms with Crippen LogP contribution in [-0.4, -0.2) is 29.1 Å². The summed E-state index contributed by atoms with van der Waals surface area (Å²) in [4.78, 5) is 21.3. The predicted octanol–water partition coefficient (Wildman–Crippen LogP) is 4.52. The molecule has 1 aromatic carbocycles. The van der Waals surface area contributed by atoms with Crippen LogP contribution in [0.1, 0.15) is 17.7 Å². The number of hydrogen-bond acceptors (Lipinski definition) is 4. The molecule has 3 heterocycles. The smallest absolute Gasteiger partial charge is 0.320 e. The first-order valence-corrected chi connectivity index (χ1v) is 10.1. The number of carbonyl (C=O) groups is 1. The Morgan fingerprint density at radius 1 is 1.07 bits per heavy atom. The average Bonchev–Trinajstić information content (AvgIpc) is 2.74. The van der Waals surface area contributed by atoms with Crippen LogP contribution in [0.3, 0.4) is 0 Å². The van der Waals surface area contributed by atoms with Gasteiger partial charge in [-0.3, -0.25) is 5.32 Å².